The van der Waals surface area contributed by atoms with Gasteiger partial charge in [-0.05, 0) is 38.0 Å². The van der Waals surface area contributed by atoms with E-state index in [-0.39, 0.29) is 5.92 Å². The van der Waals surface area contributed by atoms with Crippen molar-refractivity contribution in [2.75, 3.05) is 31.2 Å². The molecule has 0 N–H and O–H groups in total. The highest BCUT2D eigenvalue weighted by molar-refractivity contribution is 5.81. The van der Waals surface area contributed by atoms with E-state index < -0.39 is 0 Å². The van der Waals surface area contributed by atoms with Crippen LogP contribution in [0.1, 0.15) is 24.6 Å². The smallest absolute Gasteiger partial charge is 0.123 e. The van der Waals surface area contributed by atoms with Gasteiger partial charge in [0, 0.05) is 36.5 Å². The monoisotopic (exact) mass is 377 g/mol. The SMILES string of the molecule is Cc1nn(C2CC(C=O)C2)cc1-c1cnc2ccc(N3CCOCC3)cc2n1. The van der Waals surface area contributed by atoms with Crippen molar-refractivity contribution in [3.8, 4) is 11.3 Å². The normalized spacial score (nSPS) is 22.2. The average molecular weight is 377 g/mol. The van der Waals surface area contributed by atoms with Gasteiger partial charge in [-0.1, -0.05) is 0 Å². The molecule has 3 aromatic rings. The largest absolute Gasteiger partial charge is 0.378 e. The number of morpholine rings is 1. The Hall–Kier alpha value is -2.80. The molecular weight excluding hydrogens is 354 g/mol. The maximum absolute atomic E-state index is 10.9. The lowest BCUT2D eigenvalue weighted by molar-refractivity contribution is -0.114. The van der Waals surface area contributed by atoms with Crippen LogP contribution in [0.15, 0.2) is 30.6 Å². The van der Waals surface area contributed by atoms with E-state index in [1.54, 1.807) is 0 Å². The number of rotatable bonds is 4. The quantitative estimate of drug-likeness (QED) is 0.651. The van der Waals surface area contributed by atoms with Crippen molar-refractivity contribution < 1.29 is 9.53 Å². The molecule has 2 fully saturated rings. The molecule has 2 aromatic heterocycles. The molecule has 0 spiro atoms. The van der Waals surface area contributed by atoms with Crippen LogP contribution in [0.4, 0.5) is 5.69 Å². The van der Waals surface area contributed by atoms with E-state index in [1.807, 2.05) is 30.1 Å². The number of aldehydes is 1. The second-order valence-electron chi connectivity index (χ2n) is 7.66. The summed E-state index contributed by atoms with van der Waals surface area (Å²) in [6.45, 7) is 5.31. The summed E-state index contributed by atoms with van der Waals surface area (Å²) in [6.07, 6.45) is 6.66. The molecule has 5 rings (SSSR count). The lowest BCUT2D eigenvalue weighted by Crippen LogP contribution is -2.36. The van der Waals surface area contributed by atoms with Crippen molar-refractivity contribution in [1.29, 1.82) is 0 Å². The van der Waals surface area contributed by atoms with Gasteiger partial charge in [-0.25, -0.2) is 4.98 Å². The Labute approximate surface area is 163 Å². The van der Waals surface area contributed by atoms with Gasteiger partial charge < -0.3 is 14.4 Å². The molecule has 1 saturated carbocycles. The number of hydrogen-bond acceptors (Lipinski definition) is 6. The minimum atomic E-state index is 0.178. The Morgan fingerprint density at radius 3 is 2.79 bits per heavy atom. The van der Waals surface area contributed by atoms with E-state index in [2.05, 4.69) is 27.1 Å². The number of carbonyl (C=O) groups is 1. The minimum Gasteiger partial charge on any atom is -0.378 e. The molecule has 7 heteroatoms. The van der Waals surface area contributed by atoms with E-state index in [4.69, 9.17) is 9.72 Å². The van der Waals surface area contributed by atoms with Crippen molar-refractivity contribution in [1.82, 2.24) is 19.7 Å². The number of aryl methyl sites for hydroxylation is 1. The highest BCUT2D eigenvalue weighted by Crippen LogP contribution is 2.37. The van der Waals surface area contributed by atoms with Crippen molar-refractivity contribution in [3.05, 3.63) is 36.3 Å². The third kappa shape index (κ3) is 3.05. The first-order valence-corrected chi connectivity index (χ1v) is 9.82. The number of nitrogens with zero attached hydrogens (tertiary/aromatic N) is 5. The van der Waals surface area contributed by atoms with Crippen LogP contribution in [-0.4, -0.2) is 52.3 Å². The van der Waals surface area contributed by atoms with Crippen LogP contribution in [0.2, 0.25) is 0 Å². The second-order valence-corrected chi connectivity index (χ2v) is 7.66. The molecule has 0 amide bonds. The molecule has 0 bridgehead atoms. The number of anilines is 1. The van der Waals surface area contributed by atoms with Gasteiger partial charge in [-0.3, -0.25) is 9.67 Å². The third-order valence-corrected chi connectivity index (χ3v) is 5.81. The molecule has 7 nitrogen and oxygen atoms in total. The van der Waals surface area contributed by atoms with Crippen LogP contribution in [0.3, 0.4) is 0 Å². The van der Waals surface area contributed by atoms with E-state index in [9.17, 15) is 4.79 Å². The molecule has 0 atom stereocenters. The Balaban J connectivity index is 1.45. The number of benzene rings is 1. The van der Waals surface area contributed by atoms with Gasteiger partial charge >= 0.3 is 0 Å². The van der Waals surface area contributed by atoms with Gasteiger partial charge in [0.05, 0.1) is 47.9 Å². The summed E-state index contributed by atoms with van der Waals surface area (Å²) in [5.74, 6) is 0.178. The average Bonchev–Trinajstić information content (AvgIpc) is 3.08. The summed E-state index contributed by atoms with van der Waals surface area (Å²) < 4.78 is 7.44. The van der Waals surface area contributed by atoms with E-state index >= 15 is 0 Å². The maximum Gasteiger partial charge on any atom is 0.123 e. The highest BCUT2D eigenvalue weighted by atomic mass is 16.5. The summed E-state index contributed by atoms with van der Waals surface area (Å²) in [6, 6.07) is 6.55. The topological polar surface area (TPSA) is 73.1 Å². The van der Waals surface area contributed by atoms with Crippen molar-refractivity contribution in [3.63, 3.8) is 0 Å². The fourth-order valence-electron chi connectivity index (χ4n) is 4.03. The van der Waals surface area contributed by atoms with E-state index in [1.165, 1.54) is 0 Å². The lowest BCUT2D eigenvalue weighted by Gasteiger charge is -2.31. The van der Waals surface area contributed by atoms with Gasteiger partial charge in [0.1, 0.15) is 6.29 Å². The Morgan fingerprint density at radius 1 is 1.18 bits per heavy atom. The minimum absolute atomic E-state index is 0.178. The van der Waals surface area contributed by atoms with Gasteiger partial charge in [0.25, 0.3) is 0 Å². The molecule has 144 valence electrons. The summed E-state index contributed by atoms with van der Waals surface area (Å²) in [7, 11) is 0. The van der Waals surface area contributed by atoms with E-state index in [0.717, 1.165) is 79.1 Å². The summed E-state index contributed by atoms with van der Waals surface area (Å²) in [5.41, 5.74) is 5.70. The lowest BCUT2D eigenvalue weighted by atomic mass is 9.81. The van der Waals surface area contributed by atoms with Crippen molar-refractivity contribution in [2.24, 2.45) is 5.92 Å². The summed E-state index contributed by atoms with van der Waals surface area (Å²) >= 11 is 0. The zero-order chi connectivity index (χ0) is 19.1. The van der Waals surface area contributed by atoms with Crippen LogP contribution in [0, 0.1) is 12.8 Å². The summed E-state index contributed by atoms with van der Waals surface area (Å²) in [4.78, 5) is 22.7. The fourth-order valence-corrected chi connectivity index (χ4v) is 4.03. The molecule has 28 heavy (non-hydrogen) atoms. The molecular formula is C21H23N5O2. The Bertz CT molecular complexity index is 1020. The zero-order valence-electron chi connectivity index (χ0n) is 15.9. The highest BCUT2D eigenvalue weighted by Gasteiger charge is 2.31. The maximum atomic E-state index is 10.9. The standard InChI is InChI=1S/C21H23N5O2/c1-14-18(12-26(24-14)17-8-15(9-17)13-27)21-11-22-19-3-2-16(10-20(19)23-21)25-4-6-28-7-5-25/h2-3,10-13,15,17H,4-9H2,1H3. The zero-order valence-corrected chi connectivity index (χ0v) is 15.9. The number of hydrogen-bond donors (Lipinski definition) is 0. The van der Waals surface area contributed by atoms with Gasteiger partial charge in [-0.15, -0.1) is 0 Å². The number of ether oxygens (including phenoxy) is 1. The fraction of sp³-hybridized carbons (Fsp3) is 0.429. The first-order valence-electron chi connectivity index (χ1n) is 9.82. The first kappa shape index (κ1) is 17.3. The molecule has 0 unspecified atom stereocenters. The third-order valence-electron chi connectivity index (χ3n) is 5.81. The molecule has 1 aliphatic heterocycles. The molecule has 3 heterocycles. The van der Waals surface area contributed by atoms with Gasteiger partial charge in [-0.2, -0.15) is 5.10 Å². The van der Waals surface area contributed by atoms with Crippen molar-refractivity contribution >= 4 is 23.0 Å². The molecule has 1 saturated heterocycles. The molecule has 2 aliphatic rings. The van der Waals surface area contributed by atoms with E-state index in [0.29, 0.717) is 6.04 Å². The molecule has 1 aromatic carbocycles. The number of fused-ring (bicyclic) bond motifs is 1. The second kappa shape index (κ2) is 6.98. The predicted molar refractivity (Wildman–Crippen MR) is 106 cm³/mol. The van der Waals surface area contributed by atoms with Crippen LogP contribution < -0.4 is 4.90 Å². The Kier molecular flexibility index (Phi) is 4.31. The first-order chi connectivity index (χ1) is 13.7. The van der Waals surface area contributed by atoms with Gasteiger partial charge in [0.15, 0.2) is 0 Å². The van der Waals surface area contributed by atoms with Crippen LogP contribution in [-0.2, 0) is 9.53 Å². The number of carbonyl (C=O) groups excluding carboxylic acids is 1. The summed E-state index contributed by atoms with van der Waals surface area (Å²) in [5, 5.41) is 4.66. The van der Waals surface area contributed by atoms with Crippen LogP contribution in [0.25, 0.3) is 22.3 Å². The molecule has 1 aliphatic carbocycles. The van der Waals surface area contributed by atoms with Gasteiger partial charge in [0.2, 0.25) is 0 Å². The van der Waals surface area contributed by atoms with Crippen molar-refractivity contribution in [2.45, 2.75) is 25.8 Å². The molecule has 0 radical (unpaired) electrons. The number of aromatic nitrogens is 4. The van der Waals surface area contributed by atoms with Crippen LogP contribution in [0.5, 0.6) is 0 Å². The van der Waals surface area contributed by atoms with Crippen LogP contribution >= 0.6 is 0 Å². The Morgan fingerprint density at radius 2 is 2.00 bits per heavy atom. The predicted octanol–water partition coefficient (Wildman–Crippen LogP) is 2.79.